The largest absolute Gasteiger partial charge is 0.369 e. The van der Waals surface area contributed by atoms with Crippen molar-refractivity contribution in [1.82, 2.24) is 10.2 Å². The van der Waals surface area contributed by atoms with Gasteiger partial charge < -0.3 is 11.1 Å². The number of primary amides is 1. The second-order valence-electron chi connectivity index (χ2n) is 5.25. The van der Waals surface area contributed by atoms with Crippen molar-refractivity contribution >= 4 is 18.3 Å². The summed E-state index contributed by atoms with van der Waals surface area (Å²) >= 11 is 0. The molecule has 1 fully saturated rings. The molecule has 0 bridgehead atoms. The summed E-state index contributed by atoms with van der Waals surface area (Å²) in [5, 5.41) is 3.36. The van der Waals surface area contributed by atoms with E-state index in [1.165, 1.54) is 12.8 Å². The summed E-state index contributed by atoms with van der Waals surface area (Å²) in [5.74, 6) is 1.09. The number of amides is 1. The van der Waals surface area contributed by atoms with Gasteiger partial charge in [-0.3, -0.25) is 9.69 Å². The van der Waals surface area contributed by atoms with E-state index in [9.17, 15) is 4.79 Å². The standard InChI is InChI=1S/C12H25N3O.ClH/c1-10(2)7-15(9-12(13)16)8-11-3-5-14-6-4-11;/h10-11,14H,3-9H2,1-2H3,(H2,13,16);1H. The van der Waals surface area contributed by atoms with Crippen LogP contribution in [0.2, 0.25) is 0 Å². The number of hydrogen-bond acceptors (Lipinski definition) is 3. The first-order valence-electron chi connectivity index (χ1n) is 6.29. The Morgan fingerprint density at radius 1 is 1.41 bits per heavy atom. The molecular formula is C12H26ClN3O. The molecule has 0 aromatic carbocycles. The van der Waals surface area contributed by atoms with Crippen LogP contribution in [0.5, 0.6) is 0 Å². The van der Waals surface area contributed by atoms with Gasteiger partial charge in [-0.15, -0.1) is 12.4 Å². The quantitative estimate of drug-likeness (QED) is 0.747. The second kappa shape index (κ2) is 8.72. The Balaban J connectivity index is 0.00000256. The lowest BCUT2D eigenvalue weighted by molar-refractivity contribution is -0.119. The Kier molecular flexibility index (Phi) is 8.56. The van der Waals surface area contributed by atoms with Gasteiger partial charge in [-0.1, -0.05) is 13.8 Å². The lowest BCUT2D eigenvalue weighted by Gasteiger charge is -2.30. The molecule has 17 heavy (non-hydrogen) atoms. The minimum absolute atomic E-state index is 0. The average Bonchev–Trinajstić information content (AvgIpc) is 2.16. The summed E-state index contributed by atoms with van der Waals surface area (Å²) in [6, 6.07) is 0. The van der Waals surface area contributed by atoms with Crippen molar-refractivity contribution in [3.05, 3.63) is 0 Å². The van der Waals surface area contributed by atoms with Crippen molar-refractivity contribution in [1.29, 1.82) is 0 Å². The fourth-order valence-corrected chi connectivity index (χ4v) is 2.37. The molecule has 4 nitrogen and oxygen atoms in total. The molecule has 5 heteroatoms. The third kappa shape index (κ3) is 7.58. The molecule has 1 aliphatic heterocycles. The van der Waals surface area contributed by atoms with Gasteiger partial charge >= 0.3 is 0 Å². The van der Waals surface area contributed by atoms with Gasteiger partial charge in [0.15, 0.2) is 0 Å². The fourth-order valence-electron chi connectivity index (χ4n) is 2.37. The summed E-state index contributed by atoms with van der Waals surface area (Å²) in [6.07, 6.45) is 2.43. The van der Waals surface area contributed by atoms with Crippen LogP contribution in [0.4, 0.5) is 0 Å². The minimum Gasteiger partial charge on any atom is -0.369 e. The van der Waals surface area contributed by atoms with Crippen LogP contribution < -0.4 is 11.1 Å². The average molecular weight is 264 g/mol. The van der Waals surface area contributed by atoms with Crippen molar-refractivity contribution in [2.45, 2.75) is 26.7 Å². The Morgan fingerprint density at radius 3 is 2.47 bits per heavy atom. The summed E-state index contributed by atoms with van der Waals surface area (Å²) in [6.45, 7) is 8.96. The van der Waals surface area contributed by atoms with E-state index >= 15 is 0 Å². The number of nitrogens with zero attached hydrogens (tertiary/aromatic N) is 1. The van der Waals surface area contributed by atoms with Gasteiger partial charge in [0.1, 0.15) is 0 Å². The number of halogens is 1. The summed E-state index contributed by atoms with van der Waals surface area (Å²) in [4.78, 5) is 13.2. The number of piperidine rings is 1. The predicted molar refractivity (Wildman–Crippen MR) is 73.3 cm³/mol. The highest BCUT2D eigenvalue weighted by Crippen LogP contribution is 2.14. The van der Waals surface area contributed by atoms with Crippen molar-refractivity contribution in [2.75, 3.05) is 32.7 Å². The number of hydrogen-bond donors (Lipinski definition) is 2. The van der Waals surface area contributed by atoms with Crippen molar-refractivity contribution in [3.8, 4) is 0 Å². The zero-order chi connectivity index (χ0) is 12.0. The molecule has 1 amide bonds. The molecule has 0 aliphatic carbocycles. The molecule has 0 saturated carbocycles. The molecule has 0 aromatic heterocycles. The molecule has 0 spiro atoms. The number of carbonyl (C=O) groups is 1. The van der Waals surface area contributed by atoms with Crippen LogP contribution in [-0.4, -0.2) is 43.5 Å². The van der Waals surface area contributed by atoms with E-state index in [1.54, 1.807) is 0 Å². The molecule has 0 unspecified atom stereocenters. The van der Waals surface area contributed by atoms with Gasteiger partial charge in [0, 0.05) is 13.1 Å². The lowest BCUT2D eigenvalue weighted by Crippen LogP contribution is -2.41. The van der Waals surface area contributed by atoms with Crippen LogP contribution in [0, 0.1) is 11.8 Å². The number of rotatable bonds is 6. The Morgan fingerprint density at radius 2 is 2.00 bits per heavy atom. The topological polar surface area (TPSA) is 58.4 Å². The zero-order valence-electron chi connectivity index (χ0n) is 10.9. The Hall–Kier alpha value is -0.320. The van der Waals surface area contributed by atoms with E-state index in [0.29, 0.717) is 12.5 Å². The minimum atomic E-state index is -0.213. The van der Waals surface area contributed by atoms with Gasteiger partial charge in [-0.2, -0.15) is 0 Å². The molecule has 1 aliphatic rings. The van der Waals surface area contributed by atoms with E-state index in [0.717, 1.165) is 32.1 Å². The first-order chi connectivity index (χ1) is 7.58. The van der Waals surface area contributed by atoms with Crippen LogP contribution in [-0.2, 0) is 4.79 Å². The number of nitrogens with one attached hydrogen (secondary N) is 1. The van der Waals surface area contributed by atoms with E-state index < -0.39 is 0 Å². The molecule has 0 radical (unpaired) electrons. The van der Waals surface area contributed by atoms with Crippen LogP contribution >= 0.6 is 12.4 Å². The molecular weight excluding hydrogens is 238 g/mol. The van der Waals surface area contributed by atoms with Crippen LogP contribution in [0.15, 0.2) is 0 Å². The summed E-state index contributed by atoms with van der Waals surface area (Å²) in [5.41, 5.74) is 5.28. The van der Waals surface area contributed by atoms with E-state index in [4.69, 9.17) is 5.73 Å². The van der Waals surface area contributed by atoms with Crippen LogP contribution in [0.25, 0.3) is 0 Å². The highest BCUT2D eigenvalue weighted by atomic mass is 35.5. The number of carbonyl (C=O) groups excluding carboxylic acids is 1. The van der Waals surface area contributed by atoms with Gasteiger partial charge in [-0.05, 0) is 37.8 Å². The summed E-state index contributed by atoms with van der Waals surface area (Å²) in [7, 11) is 0. The van der Waals surface area contributed by atoms with E-state index in [-0.39, 0.29) is 18.3 Å². The lowest BCUT2D eigenvalue weighted by atomic mass is 9.97. The maximum absolute atomic E-state index is 11.0. The van der Waals surface area contributed by atoms with Crippen LogP contribution in [0.3, 0.4) is 0 Å². The first kappa shape index (κ1) is 16.7. The van der Waals surface area contributed by atoms with Crippen LogP contribution in [0.1, 0.15) is 26.7 Å². The third-order valence-electron chi connectivity index (χ3n) is 2.98. The first-order valence-corrected chi connectivity index (χ1v) is 6.29. The summed E-state index contributed by atoms with van der Waals surface area (Å²) < 4.78 is 0. The molecule has 0 atom stereocenters. The highest BCUT2D eigenvalue weighted by Gasteiger charge is 2.18. The van der Waals surface area contributed by atoms with E-state index in [1.807, 2.05) is 0 Å². The molecule has 3 N–H and O–H groups in total. The molecule has 0 aromatic rings. The molecule has 1 rings (SSSR count). The van der Waals surface area contributed by atoms with Gasteiger partial charge in [0.25, 0.3) is 0 Å². The smallest absolute Gasteiger partial charge is 0.231 e. The third-order valence-corrected chi connectivity index (χ3v) is 2.98. The zero-order valence-corrected chi connectivity index (χ0v) is 11.8. The molecule has 102 valence electrons. The van der Waals surface area contributed by atoms with Gasteiger partial charge in [0.05, 0.1) is 6.54 Å². The number of nitrogens with two attached hydrogens (primary N) is 1. The van der Waals surface area contributed by atoms with Gasteiger partial charge in [0.2, 0.25) is 5.91 Å². The Bertz CT molecular complexity index is 218. The van der Waals surface area contributed by atoms with Crippen molar-refractivity contribution in [3.63, 3.8) is 0 Å². The predicted octanol–water partition coefficient (Wildman–Crippen LogP) is 0.851. The fraction of sp³-hybridized carbons (Fsp3) is 0.917. The van der Waals surface area contributed by atoms with Gasteiger partial charge in [-0.25, -0.2) is 0 Å². The maximum atomic E-state index is 11.0. The Labute approximate surface area is 111 Å². The highest BCUT2D eigenvalue weighted by molar-refractivity contribution is 5.85. The molecule has 1 saturated heterocycles. The SMILES string of the molecule is CC(C)CN(CC(N)=O)CC1CCNCC1.Cl. The monoisotopic (exact) mass is 263 g/mol. The van der Waals surface area contributed by atoms with Crippen molar-refractivity contribution in [2.24, 2.45) is 17.6 Å². The normalized spacial score (nSPS) is 17.2. The van der Waals surface area contributed by atoms with E-state index in [2.05, 4.69) is 24.1 Å². The van der Waals surface area contributed by atoms with Crippen molar-refractivity contribution < 1.29 is 4.79 Å². The second-order valence-corrected chi connectivity index (χ2v) is 5.25. The maximum Gasteiger partial charge on any atom is 0.231 e. The molecule has 1 heterocycles.